The summed E-state index contributed by atoms with van der Waals surface area (Å²) >= 11 is 0. The molecule has 1 heteroatoms. The van der Waals surface area contributed by atoms with Gasteiger partial charge in [0, 0.05) is 5.54 Å². The fourth-order valence-corrected chi connectivity index (χ4v) is 3.73. The van der Waals surface area contributed by atoms with Crippen LogP contribution in [0.1, 0.15) is 105 Å². The van der Waals surface area contributed by atoms with E-state index in [9.17, 15) is 0 Å². The van der Waals surface area contributed by atoms with Crippen molar-refractivity contribution in [3.8, 4) is 0 Å². The van der Waals surface area contributed by atoms with Crippen molar-refractivity contribution < 1.29 is 0 Å². The number of nitrogens with one attached hydrogen (secondary N) is 1. The smallest absolute Gasteiger partial charge is 0.00966 e. The van der Waals surface area contributed by atoms with Gasteiger partial charge in [-0.15, -0.1) is 0 Å². The Kier molecular flexibility index (Phi) is 9.64. The Morgan fingerprint density at radius 1 is 0.905 bits per heavy atom. The van der Waals surface area contributed by atoms with Crippen molar-refractivity contribution in [3.05, 3.63) is 0 Å². The van der Waals surface area contributed by atoms with Gasteiger partial charge in [-0.25, -0.2) is 0 Å². The first-order valence-corrected chi connectivity index (χ1v) is 9.78. The minimum atomic E-state index is 0.275. The van der Waals surface area contributed by atoms with E-state index in [2.05, 4.69) is 33.0 Å². The lowest BCUT2D eigenvalue weighted by Gasteiger charge is -2.29. The Labute approximate surface area is 134 Å². The lowest BCUT2D eigenvalue weighted by atomic mass is 9.85. The van der Waals surface area contributed by atoms with Crippen LogP contribution in [0.5, 0.6) is 0 Å². The van der Waals surface area contributed by atoms with E-state index in [1.807, 2.05) is 0 Å². The van der Waals surface area contributed by atoms with E-state index in [4.69, 9.17) is 0 Å². The van der Waals surface area contributed by atoms with Gasteiger partial charge in [0.25, 0.3) is 0 Å². The summed E-state index contributed by atoms with van der Waals surface area (Å²) in [7, 11) is 0. The van der Waals surface area contributed by atoms with Gasteiger partial charge in [0.05, 0.1) is 0 Å². The zero-order valence-corrected chi connectivity index (χ0v) is 15.3. The maximum Gasteiger partial charge on any atom is 0.00966 e. The third-order valence-electron chi connectivity index (χ3n) is 5.14. The first kappa shape index (κ1) is 19.0. The maximum absolute atomic E-state index is 3.77. The highest BCUT2D eigenvalue weighted by atomic mass is 14.9. The van der Waals surface area contributed by atoms with Crippen LogP contribution >= 0.6 is 0 Å². The Bertz CT molecular complexity index is 235. The maximum atomic E-state index is 3.77. The molecule has 1 rings (SSSR count). The molecule has 1 aliphatic carbocycles. The van der Waals surface area contributed by atoms with Crippen molar-refractivity contribution in [1.29, 1.82) is 0 Å². The van der Waals surface area contributed by atoms with Crippen LogP contribution in [0.25, 0.3) is 0 Å². The summed E-state index contributed by atoms with van der Waals surface area (Å²) in [5.41, 5.74) is 0.275. The molecule has 0 aromatic carbocycles. The molecule has 0 spiro atoms. The zero-order valence-electron chi connectivity index (χ0n) is 15.3. The number of unbranched alkanes of at least 4 members (excludes halogenated alkanes) is 6. The third-order valence-corrected chi connectivity index (χ3v) is 5.14. The Balaban J connectivity index is 2.19. The second-order valence-electron chi connectivity index (χ2n) is 8.35. The Hall–Kier alpha value is -0.0400. The van der Waals surface area contributed by atoms with Crippen molar-refractivity contribution >= 4 is 0 Å². The summed E-state index contributed by atoms with van der Waals surface area (Å²) in [5.74, 6) is 1.95. The van der Waals surface area contributed by atoms with Gasteiger partial charge >= 0.3 is 0 Å². The van der Waals surface area contributed by atoms with Crippen molar-refractivity contribution in [2.24, 2.45) is 11.8 Å². The van der Waals surface area contributed by atoms with Gasteiger partial charge in [0.1, 0.15) is 0 Å². The summed E-state index contributed by atoms with van der Waals surface area (Å²) in [4.78, 5) is 0. The van der Waals surface area contributed by atoms with E-state index < -0.39 is 0 Å². The van der Waals surface area contributed by atoms with Crippen LogP contribution in [-0.4, -0.2) is 12.1 Å². The molecule has 0 amide bonds. The van der Waals surface area contributed by atoms with E-state index >= 15 is 0 Å². The van der Waals surface area contributed by atoms with Gasteiger partial charge in [-0.2, -0.15) is 0 Å². The third kappa shape index (κ3) is 9.55. The summed E-state index contributed by atoms with van der Waals surface area (Å²) in [5, 5.41) is 3.77. The molecule has 1 aliphatic rings. The van der Waals surface area contributed by atoms with Gasteiger partial charge in [-0.1, -0.05) is 77.6 Å². The summed E-state index contributed by atoms with van der Waals surface area (Å²) < 4.78 is 0. The molecular weight excluding hydrogens is 254 g/mol. The van der Waals surface area contributed by atoms with Crippen molar-refractivity contribution in [2.75, 3.05) is 6.54 Å². The molecule has 1 N–H and O–H groups in total. The van der Waals surface area contributed by atoms with E-state index in [0.29, 0.717) is 0 Å². The molecule has 0 heterocycles. The lowest BCUT2D eigenvalue weighted by Crippen LogP contribution is -2.40. The minimum absolute atomic E-state index is 0.275. The number of rotatable bonds is 11. The SMILES string of the molecule is CCCCCCCCCC(CNC(C)(C)C)C1CCCC1. The molecule has 0 aliphatic heterocycles. The summed E-state index contributed by atoms with van der Waals surface area (Å²) in [6.45, 7) is 10.4. The van der Waals surface area contributed by atoms with Gasteiger partial charge in [-0.05, 0) is 45.6 Å². The molecule has 0 bridgehead atoms. The quantitative estimate of drug-likeness (QED) is 0.440. The van der Waals surface area contributed by atoms with Crippen LogP contribution in [0.4, 0.5) is 0 Å². The second kappa shape index (κ2) is 10.6. The standard InChI is InChI=1S/C20H41N/c1-5-6-7-8-9-10-11-16-19(17-21-20(2,3)4)18-14-12-13-15-18/h18-19,21H,5-17H2,1-4H3. The highest BCUT2D eigenvalue weighted by Crippen LogP contribution is 2.34. The molecule has 0 aromatic rings. The van der Waals surface area contributed by atoms with Crippen molar-refractivity contribution in [1.82, 2.24) is 5.32 Å². The van der Waals surface area contributed by atoms with Crippen LogP contribution in [0.15, 0.2) is 0 Å². The molecule has 0 aromatic heterocycles. The van der Waals surface area contributed by atoms with Gasteiger partial charge in [0.2, 0.25) is 0 Å². The topological polar surface area (TPSA) is 12.0 Å². The number of hydrogen-bond donors (Lipinski definition) is 1. The van der Waals surface area contributed by atoms with E-state index in [1.54, 1.807) is 0 Å². The van der Waals surface area contributed by atoms with Gasteiger partial charge in [0.15, 0.2) is 0 Å². The predicted octanol–water partition coefficient (Wildman–Crippen LogP) is 6.32. The van der Waals surface area contributed by atoms with Crippen LogP contribution in [0.2, 0.25) is 0 Å². The van der Waals surface area contributed by atoms with Crippen LogP contribution in [-0.2, 0) is 0 Å². The predicted molar refractivity (Wildman–Crippen MR) is 95.8 cm³/mol. The highest BCUT2D eigenvalue weighted by molar-refractivity contribution is 4.80. The lowest BCUT2D eigenvalue weighted by molar-refractivity contribution is 0.267. The van der Waals surface area contributed by atoms with E-state index in [0.717, 1.165) is 11.8 Å². The monoisotopic (exact) mass is 295 g/mol. The highest BCUT2D eigenvalue weighted by Gasteiger charge is 2.25. The largest absolute Gasteiger partial charge is 0.312 e. The van der Waals surface area contributed by atoms with Crippen LogP contribution in [0, 0.1) is 11.8 Å². The molecule has 1 saturated carbocycles. The van der Waals surface area contributed by atoms with Crippen molar-refractivity contribution in [3.63, 3.8) is 0 Å². The molecule has 1 fully saturated rings. The molecular formula is C20H41N. The fraction of sp³-hybridized carbons (Fsp3) is 1.00. The first-order valence-electron chi connectivity index (χ1n) is 9.78. The fourth-order valence-electron chi connectivity index (χ4n) is 3.73. The van der Waals surface area contributed by atoms with E-state index in [-0.39, 0.29) is 5.54 Å². The van der Waals surface area contributed by atoms with Crippen molar-refractivity contribution in [2.45, 2.75) is 110 Å². The second-order valence-corrected chi connectivity index (χ2v) is 8.35. The summed E-state index contributed by atoms with van der Waals surface area (Å²) in [6.07, 6.45) is 17.5. The van der Waals surface area contributed by atoms with Gasteiger partial charge in [-0.3, -0.25) is 0 Å². The molecule has 0 saturated heterocycles. The molecule has 1 nitrogen and oxygen atoms in total. The van der Waals surface area contributed by atoms with Crippen LogP contribution in [0.3, 0.4) is 0 Å². The Morgan fingerprint density at radius 2 is 1.48 bits per heavy atom. The molecule has 0 radical (unpaired) electrons. The average molecular weight is 296 g/mol. The molecule has 126 valence electrons. The summed E-state index contributed by atoms with van der Waals surface area (Å²) in [6, 6.07) is 0. The Morgan fingerprint density at radius 3 is 2.05 bits per heavy atom. The zero-order chi connectivity index (χ0) is 15.6. The average Bonchev–Trinajstić information content (AvgIpc) is 2.94. The van der Waals surface area contributed by atoms with Crippen LogP contribution < -0.4 is 5.32 Å². The molecule has 21 heavy (non-hydrogen) atoms. The first-order chi connectivity index (χ1) is 10.0. The minimum Gasteiger partial charge on any atom is -0.312 e. The normalized spacial score (nSPS) is 18.3. The van der Waals surface area contributed by atoms with E-state index in [1.165, 1.54) is 83.6 Å². The van der Waals surface area contributed by atoms with Gasteiger partial charge < -0.3 is 5.32 Å². The number of hydrogen-bond acceptors (Lipinski definition) is 1. The molecule has 1 unspecified atom stereocenters. The molecule has 1 atom stereocenters.